The van der Waals surface area contributed by atoms with Crippen LogP contribution in [0.5, 0.6) is 0 Å². The number of carbonyl (C=O) groups excluding carboxylic acids is 3. The smallest absolute Gasteiger partial charge is 0.198 e. The van der Waals surface area contributed by atoms with Gasteiger partial charge in [-0.3, -0.25) is 14.4 Å². The Kier molecular flexibility index (Phi) is 3.55. The molecule has 0 spiro atoms. The van der Waals surface area contributed by atoms with E-state index in [2.05, 4.69) is 0 Å². The zero-order valence-electron chi connectivity index (χ0n) is 12.1. The minimum absolute atomic E-state index is 0.0115. The van der Waals surface area contributed by atoms with Crippen LogP contribution in [0.15, 0.2) is 65.7 Å². The van der Waals surface area contributed by atoms with Crippen molar-refractivity contribution < 1.29 is 14.4 Å². The van der Waals surface area contributed by atoms with Gasteiger partial charge in [0.05, 0.1) is 5.57 Å². The minimum atomic E-state index is -0.384. The van der Waals surface area contributed by atoms with Gasteiger partial charge < -0.3 is 0 Å². The van der Waals surface area contributed by atoms with Gasteiger partial charge in [-0.25, -0.2) is 0 Å². The van der Waals surface area contributed by atoms with Gasteiger partial charge in [-0.15, -0.1) is 0 Å². The van der Waals surface area contributed by atoms with Gasteiger partial charge in [0, 0.05) is 22.3 Å². The molecule has 2 aromatic carbocycles. The molecular formula is C19H14O3. The molecule has 3 heteroatoms. The summed E-state index contributed by atoms with van der Waals surface area (Å²) in [6.07, 6.45) is 0.354. The summed E-state index contributed by atoms with van der Waals surface area (Å²) in [5, 5.41) is 0. The molecule has 0 fully saturated rings. The average molecular weight is 290 g/mol. The van der Waals surface area contributed by atoms with E-state index in [-0.39, 0.29) is 22.9 Å². The first-order valence-electron chi connectivity index (χ1n) is 7.16. The fourth-order valence-corrected chi connectivity index (χ4v) is 2.74. The Morgan fingerprint density at radius 3 is 1.95 bits per heavy atom. The molecule has 0 saturated carbocycles. The van der Waals surface area contributed by atoms with Crippen molar-refractivity contribution in [3.05, 3.63) is 82.4 Å². The molecule has 0 atom stereocenters. The van der Waals surface area contributed by atoms with E-state index in [9.17, 15) is 14.4 Å². The summed E-state index contributed by atoms with van der Waals surface area (Å²) in [4.78, 5) is 38.0. The highest BCUT2D eigenvalue weighted by Gasteiger charge is 2.34. The lowest BCUT2D eigenvalue weighted by atomic mass is 9.80. The predicted octanol–water partition coefficient (Wildman–Crippen LogP) is 3.66. The van der Waals surface area contributed by atoms with E-state index in [0.29, 0.717) is 28.7 Å². The summed E-state index contributed by atoms with van der Waals surface area (Å²) in [5.41, 5.74) is 1.43. The summed E-state index contributed by atoms with van der Waals surface area (Å²) < 4.78 is 0. The van der Waals surface area contributed by atoms with Crippen LogP contribution in [0.3, 0.4) is 0 Å². The molecule has 0 saturated heterocycles. The van der Waals surface area contributed by atoms with Crippen LogP contribution in [-0.2, 0) is 0 Å². The van der Waals surface area contributed by atoms with E-state index in [1.165, 1.54) is 0 Å². The third-order valence-electron chi connectivity index (χ3n) is 3.84. The summed E-state index contributed by atoms with van der Waals surface area (Å²) in [6, 6.07) is 15.2. The molecule has 3 nitrogen and oxygen atoms in total. The molecule has 0 aliphatic heterocycles. The molecule has 0 radical (unpaired) electrons. The molecule has 22 heavy (non-hydrogen) atoms. The van der Waals surface area contributed by atoms with E-state index in [1.807, 2.05) is 0 Å². The lowest BCUT2D eigenvalue weighted by Crippen LogP contribution is -2.26. The first-order chi connectivity index (χ1) is 10.6. The van der Waals surface area contributed by atoms with Crippen molar-refractivity contribution in [3.63, 3.8) is 0 Å². The Balaban J connectivity index is 2.19. The van der Waals surface area contributed by atoms with E-state index in [0.717, 1.165) is 0 Å². The van der Waals surface area contributed by atoms with Gasteiger partial charge >= 0.3 is 0 Å². The van der Waals surface area contributed by atoms with Gasteiger partial charge in [0.25, 0.3) is 0 Å². The van der Waals surface area contributed by atoms with E-state index >= 15 is 0 Å². The van der Waals surface area contributed by atoms with Gasteiger partial charge in [-0.05, 0) is 6.42 Å². The lowest BCUT2D eigenvalue weighted by Gasteiger charge is -2.19. The van der Waals surface area contributed by atoms with Gasteiger partial charge in [-0.1, -0.05) is 61.5 Å². The van der Waals surface area contributed by atoms with Crippen LogP contribution in [0.2, 0.25) is 0 Å². The maximum atomic E-state index is 12.7. The van der Waals surface area contributed by atoms with Crippen LogP contribution in [-0.4, -0.2) is 17.3 Å². The number of fused-ring (bicyclic) bond motifs is 1. The molecular weight excluding hydrogens is 276 g/mol. The molecule has 0 aromatic heterocycles. The SMILES string of the molecule is CCC1=C(C(=O)c2ccccc2)C(=O)c2ccccc2C1=O. The normalized spacial score (nSPS) is 14.0. The first kappa shape index (κ1) is 14.1. The van der Waals surface area contributed by atoms with Gasteiger partial charge in [-0.2, -0.15) is 0 Å². The maximum absolute atomic E-state index is 12.7. The molecule has 1 aliphatic carbocycles. The highest BCUT2D eigenvalue weighted by atomic mass is 16.2. The summed E-state index contributed by atoms with van der Waals surface area (Å²) >= 11 is 0. The summed E-state index contributed by atoms with van der Waals surface area (Å²) in [7, 11) is 0. The third kappa shape index (κ3) is 2.11. The minimum Gasteiger partial charge on any atom is -0.289 e. The topological polar surface area (TPSA) is 51.2 Å². The van der Waals surface area contributed by atoms with Gasteiger partial charge in [0.15, 0.2) is 17.3 Å². The lowest BCUT2D eigenvalue weighted by molar-refractivity contribution is 0.0925. The Morgan fingerprint density at radius 1 is 0.818 bits per heavy atom. The number of rotatable bonds is 3. The monoisotopic (exact) mass is 290 g/mol. The zero-order chi connectivity index (χ0) is 15.7. The zero-order valence-corrected chi connectivity index (χ0v) is 12.1. The average Bonchev–Trinajstić information content (AvgIpc) is 2.58. The number of allylic oxidation sites excluding steroid dienone is 2. The Labute approximate surface area is 128 Å². The second-order valence-electron chi connectivity index (χ2n) is 5.11. The molecule has 0 heterocycles. The molecule has 0 amide bonds. The van der Waals surface area contributed by atoms with Crippen LogP contribution < -0.4 is 0 Å². The van der Waals surface area contributed by atoms with Crippen molar-refractivity contribution in [2.45, 2.75) is 13.3 Å². The molecule has 108 valence electrons. The van der Waals surface area contributed by atoms with Crippen LogP contribution >= 0.6 is 0 Å². The van der Waals surface area contributed by atoms with Crippen LogP contribution in [0, 0.1) is 0 Å². The first-order valence-corrected chi connectivity index (χ1v) is 7.16. The molecule has 0 unspecified atom stereocenters. The number of carbonyl (C=O) groups is 3. The molecule has 0 N–H and O–H groups in total. The van der Waals surface area contributed by atoms with Crippen LogP contribution in [0.4, 0.5) is 0 Å². The van der Waals surface area contributed by atoms with E-state index in [4.69, 9.17) is 0 Å². The predicted molar refractivity (Wildman–Crippen MR) is 83.2 cm³/mol. The highest BCUT2D eigenvalue weighted by molar-refractivity contribution is 6.39. The number of benzene rings is 2. The molecule has 3 rings (SSSR count). The quantitative estimate of drug-likeness (QED) is 0.640. The van der Waals surface area contributed by atoms with Crippen molar-refractivity contribution in [1.29, 1.82) is 0 Å². The number of Topliss-reactive ketones (excluding diaryl/α,β-unsaturated/α-hetero) is 3. The number of ketones is 3. The molecule has 0 bridgehead atoms. The van der Waals surface area contributed by atoms with Crippen molar-refractivity contribution in [3.8, 4) is 0 Å². The molecule has 1 aliphatic rings. The fourth-order valence-electron chi connectivity index (χ4n) is 2.74. The van der Waals surface area contributed by atoms with Crippen molar-refractivity contribution in [1.82, 2.24) is 0 Å². The largest absolute Gasteiger partial charge is 0.289 e. The fraction of sp³-hybridized carbons (Fsp3) is 0.105. The van der Waals surface area contributed by atoms with Crippen LogP contribution in [0.1, 0.15) is 44.4 Å². The Hall–Kier alpha value is -2.81. The maximum Gasteiger partial charge on any atom is 0.198 e. The van der Waals surface area contributed by atoms with Gasteiger partial charge in [0.1, 0.15) is 0 Å². The summed E-state index contributed by atoms with van der Waals surface area (Å²) in [5.74, 6) is -0.969. The van der Waals surface area contributed by atoms with Crippen molar-refractivity contribution in [2.24, 2.45) is 0 Å². The number of hydrogen-bond donors (Lipinski definition) is 0. The second-order valence-corrected chi connectivity index (χ2v) is 5.11. The Bertz CT molecular complexity index is 814. The van der Waals surface area contributed by atoms with E-state index < -0.39 is 0 Å². The standard InChI is InChI=1S/C19H14O3/c1-2-13-16(17(20)12-8-4-3-5-9-12)19(22)15-11-7-6-10-14(15)18(13)21/h3-11H,2H2,1H3. The molecule has 2 aromatic rings. The third-order valence-corrected chi connectivity index (χ3v) is 3.84. The van der Waals surface area contributed by atoms with Crippen LogP contribution in [0.25, 0.3) is 0 Å². The second kappa shape index (κ2) is 5.53. The Morgan fingerprint density at radius 2 is 1.36 bits per heavy atom. The van der Waals surface area contributed by atoms with Crippen molar-refractivity contribution >= 4 is 17.3 Å². The number of hydrogen-bond acceptors (Lipinski definition) is 3. The van der Waals surface area contributed by atoms with E-state index in [1.54, 1.807) is 61.5 Å². The van der Waals surface area contributed by atoms with Crippen molar-refractivity contribution in [2.75, 3.05) is 0 Å². The summed E-state index contributed by atoms with van der Waals surface area (Å²) in [6.45, 7) is 1.78. The van der Waals surface area contributed by atoms with Gasteiger partial charge in [0.2, 0.25) is 0 Å². The highest BCUT2D eigenvalue weighted by Crippen LogP contribution is 2.29.